The fourth-order valence-electron chi connectivity index (χ4n) is 3.71. The molecule has 0 spiro atoms. The highest BCUT2D eigenvalue weighted by Gasteiger charge is 2.31. The number of aliphatic hydroxyl groups is 1. The van der Waals surface area contributed by atoms with Crippen LogP contribution >= 0.6 is 0 Å². The molecule has 2 rings (SSSR count). The summed E-state index contributed by atoms with van der Waals surface area (Å²) in [5, 5.41) is 13.4. The van der Waals surface area contributed by atoms with Gasteiger partial charge >= 0.3 is 0 Å². The predicted molar refractivity (Wildman–Crippen MR) is 89.6 cm³/mol. The molecule has 0 aromatic heterocycles. The lowest BCUT2D eigenvalue weighted by atomic mass is 9.89. The molecule has 1 heterocycles. The van der Waals surface area contributed by atoms with Gasteiger partial charge in [-0.25, -0.2) is 0 Å². The minimum absolute atomic E-state index is 0.146. The first-order chi connectivity index (χ1) is 10.5. The second-order valence-electron chi connectivity index (χ2n) is 7.72. The molecule has 1 aliphatic heterocycles. The average molecular weight is 310 g/mol. The van der Waals surface area contributed by atoms with E-state index in [-0.39, 0.29) is 12.0 Å². The van der Waals surface area contributed by atoms with Crippen molar-refractivity contribution in [2.24, 2.45) is 11.8 Å². The van der Waals surface area contributed by atoms with Gasteiger partial charge < -0.3 is 10.4 Å². The van der Waals surface area contributed by atoms with Gasteiger partial charge in [-0.3, -0.25) is 9.69 Å². The molecule has 0 bridgehead atoms. The number of carbonyl (C=O) groups excluding carboxylic acids is 1. The fourth-order valence-corrected chi connectivity index (χ4v) is 3.71. The maximum Gasteiger partial charge on any atom is 0.220 e. The normalized spacial score (nSPS) is 29.5. The summed E-state index contributed by atoms with van der Waals surface area (Å²) in [5.74, 6) is 1.20. The molecule has 2 N–H and O–H groups in total. The van der Waals surface area contributed by atoms with Crippen LogP contribution in [0.2, 0.25) is 0 Å². The van der Waals surface area contributed by atoms with Gasteiger partial charge in [-0.05, 0) is 37.5 Å². The van der Waals surface area contributed by atoms with Crippen LogP contribution in [0.1, 0.15) is 65.7 Å². The number of likely N-dealkylation sites (tertiary alicyclic amines) is 1. The molecular formula is C18H34N2O2. The van der Waals surface area contributed by atoms with Crippen LogP contribution in [0.15, 0.2) is 0 Å². The van der Waals surface area contributed by atoms with E-state index in [1.54, 1.807) is 0 Å². The smallest absolute Gasteiger partial charge is 0.220 e. The van der Waals surface area contributed by atoms with Crippen molar-refractivity contribution < 1.29 is 9.90 Å². The van der Waals surface area contributed by atoms with Crippen molar-refractivity contribution in [3.8, 4) is 0 Å². The molecule has 0 aromatic carbocycles. The SMILES string of the molecule is CC(C)C(C)CC(=O)NC1CCN(C2CCCCC2O)CC1. The molecule has 1 aliphatic carbocycles. The maximum atomic E-state index is 12.1. The van der Waals surface area contributed by atoms with Gasteiger partial charge in [-0.15, -0.1) is 0 Å². The van der Waals surface area contributed by atoms with Gasteiger partial charge in [0.2, 0.25) is 5.91 Å². The Bertz CT molecular complexity index is 351. The van der Waals surface area contributed by atoms with Crippen LogP contribution in [-0.4, -0.2) is 47.2 Å². The van der Waals surface area contributed by atoms with E-state index < -0.39 is 0 Å². The van der Waals surface area contributed by atoms with Crippen LogP contribution in [0.3, 0.4) is 0 Å². The highest BCUT2D eigenvalue weighted by molar-refractivity contribution is 5.76. The van der Waals surface area contributed by atoms with Crippen LogP contribution in [-0.2, 0) is 4.79 Å². The summed E-state index contributed by atoms with van der Waals surface area (Å²) in [4.78, 5) is 14.5. The zero-order valence-electron chi connectivity index (χ0n) is 14.6. The van der Waals surface area contributed by atoms with Crippen molar-refractivity contribution >= 4 is 5.91 Å². The third-order valence-corrected chi connectivity index (χ3v) is 5.70. The summed E-state index contributed by atoms with van der Waals surface area (Å²) in [6, 6.07) is 0.676. The van der Waals surface area contributed by atoms with Gasteiger partial charge in [0.15, 0.2) is 0 Å². The van der Waals surface area contributed by atoms with E-state index in [9.17, 15) is 9.90 Å². The number of nitrogens with one attached hydrogen (secondary N) is 1. The van der Waals surface area contributed by atoms with Crippen molar-refractivity contribution in [1.82, 2.24) is 10.2 Å². The number of rotatable bonds is 5. The summed E-state index contributed by atoms with van der Waals surface area (Å²) in [6.45, 7) is 8.51. The Labute approximate surface area is 135 Å². The van der Waals surface area contributed by atoms with E-state index in [1.807, 2.05) is 0 Å². The van der Waals surface area contributed by atoms with Crippen LogP contribution in [0.5, 0.6) is 0 Å². The lowest BCUT2D eigenvalue weighted by Crippen LogP contribution is -2.52. The number of hydrogen-bond acceptors (Lipinski definition) is 3. The molecule has 0 aromatic rings. The zero-order valence-corrected chi connectivity index (χ0v) is 14.6. The van der Waals surface area contributed by atoms with Crippen LogP contribution < -0.4 is 5.32 Å². The third-order valence-electron chi connectivity index (χ3n) is 5.70. The molecule has 22 heavy (non-hydrogen) atoms. The molecule has 3 unspecified atom stereocenters. The van der Waals surface area contributed by atoms with E-state index in [1.165, 1.54) is 6.42 Å². The molecule has 3 atom stereocenters. The van der Waals surface area contributed by atoms with E-state index in [2.05, 4.69) is 31.0 Å². The number of piperidine rings is 1. The first kappa shape index (κ1) is 17.7. The number of carbonyl (C=O) groups is 1. The highest BCUT2D eigenvalue weighted by atomic mass is 16.3. The first-order valence-electron chi connectivity index (χ1n) is 9.19. The quantitative estimate of drug-likeness (QED) is 0.820. The number of amides is 1. The van der Waals surface area contributed by atoms with E-state index in [0.717, 1.165) is 45.2 Å². The monoisotopic (exact) mass is 310 g/mol. The van der Waals surface area contributed by atoms with Crippen LogP contribution in [0.25, 0.3) is 0 Å². The second kappa shape index (κ2) is 8.30. The van der Waals surface area contributed by atoms with E-state index >= 15 is 0 Å². The Morgan fingerprint density at radius 3 is 2.36 bits per heavy atom. The predicted octanol–water partition coefficient (Wildman–Crippen LogP) is 2.55. The Morgan fingerprint density at radius 1 is 1.14 bits per heavy atom. The lowest BCUT2D eigenvalue weighted by molar-refractivity contribution is -0.123. The molecular weight excluding hydrogens is 276 g/mol. The maximum absolute atomic E-state index is 12.1. The second-order valence-corrected chi connectivity index (χ2v) is 7.72. The summed E-state index contributed by atoms with van der Waals surface area (Å²) >= 11 is 0. The Morgan fingerprint density at radius 2 is 1.77 bits per heavy atom. The molecule has 0 radical (unpaired) electrons. The molecule has 1 saturated carbocycles. The van der Waals surface area contributed by atoms with Gasteiger partial charge in [0.1, 0.15) is 0 Å². The Balaban J connectivity index is 1.71. The standard InChI is InChI=1S/C18H34N2O2/c1-13(2)14(3)12-18(22)19-15-8-10-20(11-9-15)16-6-4-5-7-17(16)21/h13-17,21H,4-12H2,1-3H3,(H,19,22). The fraction of sp³-hybridized carbons (Fsp3) is 0.944. The van der Waals surface area contributed by atoms with E-state index in [0.29, 0.717) is 30.3 Å². The molecule has 2 fully saturated rings. The summed E-state index contributed by atoms with van der Waals surface area (Å²) in [5.41, 5.74) is 0. The van der Waals surface area contributed by atoms with Crippen molar-refractivity contribution in [3.63, 3.8) is 0 Å². The van der Waals surface area contributed by atoms with Gasteiger partial charge in [0, 0.05) is 31.6 Å². The summed E-state index contributed by atoms with van der Waals surface area (Å²) in [6.07, 6.45) is 7.02. The number of aliphatic hydroxyl groups excluding tert-OH is 1. The Hall–Kier alpha value is -0.610. The van der Waals surface area contributed by atoms with Gasteiger partial charge in [-0.1, -0.05) is 33.6 Å². The van der Waals surface area contributed by atoms with Gasteiger partial charge in [0.25, 0.3) is 0 Å². The third kappa shape index (κ3) is 4.95. The average Bonchev–Trinajstić information content (AvgIpc) is 2.48. The van der Waals surface area contributed by atoms with Crippen molar-refractivity contribution in [2.45, 2.75) is 83.9 Å². The number of hydrogen-bond donors (Lipinski definition) is 2. The zero-order chi connectivity index (χ0) is 16.1. The van der Waals surface area contributed by atoms with Crippen molar-refractivity contribution in [2.75, 3.05) is 13.1 Å². The molecule has 1 amide bonds. The molecule has 4 nitrogen and oxygen atoms in total. The molecule has 128 valence electrons. The van der Waals surface area contributed by atoms with Crippen LogP contribution in [0.4, 0.5) is 0 Å². The van der Waals surface area contributed by atoms with Crippen molar-refractivity contribution in [1.29, 1.82) is 0 Å². The van der Waals surface area contributed by atoms with Crippen molar-refractivity contribution in [3.05, 3.63) is 0 Å². The Kier molecular flexibility index (Phi) is 6.69. The minimum Gasteiger partial charge on any atom is -0.391 e. The first-order valence-corrected chi connectivity index (χ1v) is 9.19. The highest BCUT2D eigenvalue weighted by Crippen LogP contribution is 2.26. The summed E-state index contributed by atoms with van der Waals surface area (Å²) < 4.78 is 0. The van der Waals surface area contributed by atoms with Gasteiger partial charge in [-0.2, -0.15) is 0 Å². The minimum atomic E-state index is -0.146. The molecule has 2 aliphatic rings. The number of nitrogens with zero attached hydrogens (tertiary/aromatic N) is 1. The lowest BCUT2D eigenvalue weighted by Gasteiger charge is -2.41. The van der Waals surface area contributed by atoms with Gasteiger partial charge in [0.05, 0.1) is 6.10 Å². The summed E-state index contributed by atoms with van der Waals surface area (Å²) in [7, 11) is 0. The largest absolute Gasteiger partial charge is 0.391 e. The molecule has 1 saturated heterocycles. The van der Waals surface area contributed by atoms with Crippen LogP contribution in [0, 0.1) is 11.8 Å². The van der Waals surface area contributed by atoms with E-state index in [4.69, 9.17) is 0 Å². The molecule has 4 heteroatoms. The topological polar surface area (TPSA) is 52.6 Å².